The van der Waals surface area contributed by atoms with Crippen LogP contribution in [0.15, 0.2) is 91.3 Å². The number of pyridine rings is 2. The van der Waals surface area contributed by atoms with Gasteiger partial charge in [0, 0.05) is 24.7 Å². The maximum Gasteiger partial charge on any atom is 0.119 e. The Labute approximate surface area is 207 Å². The molecule has 0 radical (unpaired) electrons. The maximum absolute atomic E-state index is 5.94. The number of hydrogen-bond acceptors (Lipinski definition) is 5. The number of ether oxygens (including phenoxy) is 2. The van der Waals surface area contributed by atoms with E-state index < -0.39 is 0 Å². The van der Waals surface area contributed by atoms with Crippen LogP contribution in [0.2, 0.25) is 0 Å². The van der Waals surface area contributed by atoms with E-state index >= 15 is 0 Å². The van der Waals surface area contributed by atoms with Crippen molar-refractivity contribution in [2.45, 2.75) is 19.8 Å². The van der Waals surface area contributed by atoms with Crippen molar-refractivity contribution in [1.82, 2.24) is 9.97 Å². The van der Waals surface area contributed by atoms with Gasteiger partial charge in [-0.05, 0) is 71.2 Å². The Morgan fingerprint density at radius 2 is 1.51 bits per heavy atom. The highest BCUT2D eigenvalue weighted by atomic mass is 16.5. The largest absolute Gasteiger partial charge is 0.491 e. The molecule has 2 heterocycles. The molecule has 0 fully saturated rings. The fraction of sp³-hybridized carbons (Fsp3) is 0.200. The van der Waals surface area contributed by atoms with E-state index in [-0.39, 0.29) is 0 Å². The monoisotopic (exact) mass is 465 g/mol. The van der Waals surface area contributed by atoms with Crippen LogP contribution in [0.4, 0.5) is 5.69 Å². The van der Waals surface area contributed by atoms with Crippen LogP contribution in [-0.4, -0.2) is 29.8 Å². The number of benzene rings is 2. The summed E-state index contributed by atoms with van der Waals surface area (Å²) in [4.78, 5) is 8.91. The van der Waals surface area contributed by atoms with Gasteiger partial charge < -0.3 is 15.2 Å². The van der Waals surface area contributed by atoms with Gasteiger partial charge in [-0.1, -0.05) is 55.8 Å². The van der Waals surface area contributed by atoms with Gasteiger partial charge in [0.25, 0.3) is 0 Å². The Morgan fingerprint density at radius 1 is 0.800 bits per heavy atom. The summed E-state index contributed by atoms with van der Waals surface area (Å²) in [6, 6.07) is 26.2. The molecule has 0 aliphatic heterocycles. The average Bonchev–Trinajstić information content (AvgIpc) is 2.90. The van der Waals surface area contributed by atoms with Crippen molar-refractivity contribution in [3.63, 3.8) is 0 Å². The number of nitrogens with two attached hydrogens (primary N) is 1. The lowest BCUT2D eigenvalue weighted by molar-refractivity contribution is 0.0980. The fourth-order valence-electron chi connectivity index (χ4n) is 3.68. The molecule has 0 amide bonds. The quantitative estimate of drug-likeness (QED) is 0.256. The van der Waals surface area contributed by atoms with E-state index in [0.29, 0.717) is 18.9 Å². The minimum Gasteiger partial charge on any atom is -0.491 e. The Balaban J connectivity index is 1.57. The molecule has 2 N–H and O–H groups in total. The number of hydrogen-bond donors (Lipinski definition) is 1. The summed E-state index contributed by atoms with van der Waals surface area (Å²) >= 11 is 0. The molecule has 4 aromatic rings. The molecule has 35 heavy (non-hydrogen) atoms. The second-order valence-corrected chi connectivity index (χ2v) is 8.21. The van der Waals surface area contributed by atoms with Crippen molar-refractivity contribution in [3.05, 3.63) is 108 Å². The number of rotatable bonds is 11. The van der Waals surface area contributed by atoms with E-state index in [4.69, 9.17) is 15.2 Å². The van der Waals surface area contributed by atoms with Gasteiger partial charge in [0.15, 0.2) is 0 Å². The second-order valence-electron chi connectivity index (χ2n) is 8.21. The zero-order valence-corrected chi connectivity index (χ0v) is 20.1. The third-order valence-corrected chi connectivity index (χ3v) is 5.53. The molecule has 4 rings (SSSR count). The van der Waals surface area contributed by atoms with Crippen LogP contribution in [-0.2, 0) is 4.74 Å². The fourth-order valence-corrected chi connectivity index (χ4v) is 3.68. The van der Waals surface area contributed by atoms with Gasteiger partial charge in [0.05, 0.1) is 18.0 Å². The number of aromatic nitrogens is 2. The minimum absolute atomic E-state index is 0.544. The van der Waals surface area contributed by atoms with Crippen molar-refractivity contribution in [3.8, 4) is 17.1 Å². The summed E-state index contributed by atoms with van der Waals surface area (Å²) in [7, 11) is 0. The lowest BCUT2D eigenvalue weighted by Gasteiger charge is -2.12. The molecule has 0 saturated carbocycles. The van der Waals surface area contributed by atoms with Crippen molar-refractivity contribution >= 4 is 17.3 Å². The van der Waals surface area contributed by atoms with Gasteiger partial charge >= 0.3 is 0 Å². The van der Waals surface area contributed by atoms with E-state index in [0.717, 1.165) is 58.8 Å². The van der Waals surface area contributed by atoms with Gasteiger partial charge in [0.1, 0.15) is 12.4 Å². The molecule has 0 saturated heterocycles. The van der Waals surface area contributed by atoms with E-state index in [9.17, 15) is 0 Å². The minimum atomic E-state index is 0.544. The lowest BCUT2D eigenvalue weighted by atomic mass is 9.95. The SMILES string of the molecule is CCCCOCCOc1ccc(/C(=C/c2ccnc(-c3cc(N)ccn3)c2)c2ccccc2)cc1. The molecular formula is C30H31N3O2. The molecule has 0 aliphatic carbocycles. The first-order valence-electron chi connectivity index (χ1n) is 12.0. The van der Waals surface area contributed by atoms with E-state index in [1.54, 1.807) is 18.5 Å². The highest BCUT2D eigenvalue weighted by Gasteiger charge is 2.08. The summed E-state index contributed by atoms with van der Waals surface area (Å²) < 4.78 is 11.4. The van der Waals surface area contributed by atoms with Crippen molar-refractivity contribution in [2.24, 2.45) is 0 Å². The van der Waals surface area contributed by atoms with Crippen LogP contribution < -0.4 is 10.5 Å². The summed E-state index contributed by atoms with van der Waals surface area (Å²) in [5.74, 6) is 0.833. The van der Waals surface area contributed by atoms with Gasteiger partial charge in [-0.15, -0.1) is 0 Å². The highest BCUT2D eigenvalue weighted by molar-refractivity contribution is 5.91. The van der Waals surface area contributed by atoms with Crippen LogP contribution >= 0.6 is 0 Å². The molecule has 178 valence electrons. The Bertz CT molecular complexity index is 1240. The van der Waals surface area contributed by atoms with Crippen molar-refractivity contribution < 1.29 is 9.47 Å². The summed E-state index contributed by atoms with van der Waals surface area (Å²) in [5, 5.41) is 0. The van der Waals surface area contributed by atoms with E-state index in [2.05, 4.69) is 47.2 Å². The van der Waals surface area contributed by atoms with Gasteiger partial charge in [0.2, 0.25) is 0 Å². The maximum atomic E-state index is 5.94. The molecule has 0 atom stereocenters. The van der Waals surface area contributed by atoms with Crippen molar-refractivity contribution in [2.75, 3.05) is 25.6 Å². The van der Waals surface area contributed by atoms with Gasteiger partial charge in [-0.25, -0.2) is 0 Å². The lowest BCUT2D eigenvalue weighted by Crippen LogP contribution is -2.07. The summed E-state index contributed by atoms with van der Waals surface area (Å²) in [6.45, 7) is 4.09. The Hall–Kier alpha value is -3.96. The molecule has 0 aliphatic rings. The zero-order chi connectivity index (χ0) is 24.3. The second kappa shape index (κ2) is 12.5. The van der Waals surface area contributed by atoms with Crippen LogP contribution in [0.1, 0.15) is 36.5 Å². The summed E-state index contributed by atoms with van der Waals surface area (Å²) in [6.07, 6.45) is 7.89. The molecular weight excluding hydrogens is 434 g/mol. The first-order chi connectivity index (χ1) is 17.2. The first-order valence-corrected chi connectivity index (χ1v) is 12.0. The number of nitrogens with zero attached hydrogens (tertiary/aromatic N) is 2. The van der Waals surface area contributed by atoms with Crippen LogP contribution in [0.5, 0.6) is 5.75 Å². The predicted molar refractivity (Wildman–Crippen MR) is 143 cm³/mol. The van der Waals surface area contributed by atoms with Gasteiger partial charge in [-0.2, -0.15) is 0 Å². The number of nitrogen functional groups attached to an aromatic ring is 1. The molecule has 2 aromatic heterocycles. The van der Waals surface area contributed by atoms with Gasteiger partial charge in [-0.3, -0.25) is 9.97 Å². The third-order valence-electron chi connectivity index (χ3n) is 5.53. The summed E-state index contributed by atoms with van der Waals surface area (Å²) in [5.41, 5.74) is 12.5. The zero-order valence-electron chi connectivity index (χ0n) is 20.1. The number of anilines is 1. The van der Waals surface area contributed by atoms with Crippen LogP contribution in [0.25, 0.3) is 23.0 Å². The van der Waals surface area contributed by atoms with Crippen molar-refractivity contribution in [1.29, 1.82) is 0 Å². The average molecular weight is 466 g/mol. The van der Waals surface area contributed by atoms with Crippen LogP contribution in [0.3, 0.4) is 0 Å². The smallest absolute Gasteiger partial charge is 0.119 e. The molecule has 0 spiro atoms. The number of unbranched alkanes of at least 4 members (excludes halogenated alkanes) is 1. The first kappa shape index (κ1) is 24.2. The molecule has 2 aromatic carbocycles. The molecule has 0 unspecified atom stereocenters. The topological polar surface area (TPSA) is 70.3 Å². The molecule has 5 heteroatoms. The third kappa shape index (κ3) is 7.01. The molecule has 0 bridgehead atoms. The van der Waals surface area contributed by atoms with Crippen LogP contribution in [0, 0.1) is 0 Å². The Kier molecular flexibility index (Phi) is 8.63. The highest BCUT2D eigenvalue weighted by Crippen LogP contribution is 2.28. The molecule has 5 nitrogen and oxygen atoms in total. The van der Waals surface area contributed by atoms with E-state index in [1.165, 1.54) is 0 Å². The Morgan fingerprint density at radius 3 is 2.26 bits per heavy atom. The normalized spacial score (nSPS) is 11.4. The predicted octanol–water partition coefficient (Wildman–Crippen LogP) is 6.51. The van der Waals surface area contributed by atoms with E-state index in [1.807, 2.05) is 48.5 Å². The standard InChI is InChI=1S/C30H31N3O2/c1-2-3-17-34-18-19-35-27-11-9-25(10-12-27)28(24-7-5-4-6-8-24)20-23-13-15-32-29(21-23)30-22-26(31)14-16-33-30/h4-16,20-22H,2-3,17-19H2,1H3,(H2,31,33)/b28-20+.